The number of aliphatic hydroxyl groups is 3. The van der Waals surface area contributed by atoms with E-state index in [1.54, 1.807) is 0 Å². The van der Waals surface area contributed by atoms with Crippen LogP contribution in [-0.4, -0.2) is 105 Å². The van der Waals surface area contributed by atoms with E-state index in [0.29, 0.717) is 12.8 Å². The van der Waals surface area contributed by atoms with E-state index in [1.165, 1.54) is 7.11 Å². The fourth-order valence-electron chi connectivity index (χ4n) is 4.93. The van der Waals surface area contributed by atoms with Crippen LogP contribution in [0.1, 0.15) is 32.4 Å². The van der Waals surface area contributed by atoms with Crippen molar-refractivity contribution < 1.29 is 48.7 Å². The summed E-state index contributed by atoms with van der Waals surface area (Å²) in [5.41, 5.74) is 3.92. The second-order valence-electron chi connectivity index (χ2n) is 10.0. The minimum Gasteiger partial charge on any atom is -0.456 e. The van der Waals surface area contributed by atoms with E-state index in [1.807, 2.05) is 11.9 Å². The summed E-state index contributed by atoms with van der Waals surface area (Å²) in [5, 5.41) is 37.0. The van der Waals surface area contributed by atoms with E-state index in [-0.39, 0.29) is 11.9 Å². The number of aromatic amines is 1. The van der Waals surface area contributed by atoms with Crippen LogP contribution in [0, 0.1) is 0 Å². The Kier molecular flexibility index (Phi) is 9.25. The van der Waals surface area contributed by atoms with Gasteiger partial charge in [0.25, 0.3) is 11.5 Å². The summed E-state index contributed by atoms with van der Waals surface area (Å²) in [6, 6.07) is 0.0768. The summed E-state index contributed by atoms with van der Waals surface area (Å²) < 4.78 is 22.9. The van der Waals surface area contributed by atoms with Crippen LogP contribution < -0.4 is 27.6 Å². The van der Waals surface area contributed by atoms with Gasteiger partial charge in [-0.2, -0.15) is 0 Å². The van der Waals surface area contributed by atoms with Gasteiger partial charge in [0.15, 0.2) is 18.1 Å². The largest absolute Gasteiger partial charge is 0.456 e. The maximum atomic E-state index is 12.9. The number of nitrogens with one attached hydrogen (secondary N) is 3. The molecule has 0 spiro atoms. The Morgan fingerprint density at radius 3 is 2.59 bits per heavy atom. The van der Waals surface area contributed by atoms with Crippen LogP contribution in [-0.2, 0) is 33.3 Å². The molecule has 0 aliphatic carbocycles. The fourth-order valence-corrected chi connectivity index (χ4v) is 4.93. The molecule has 4 heterocycles. The van der Waals surface area contributed by atoms with Crippen molar-refractivity contribution >= 4 is 17.7 Å². The molecule has 1 aromatic heterocycles. The smallest absolute Gasteiger partial charge is 0.330 e. The van der Waals surface area contributed by atoms with Crippen LogP contribution in [0.2, 0.25) is 0 Å². The quantitative estimate of drug-likeness (QED) is 0.154. The molecule has 17 heteroatoms. The van der Waals surface area contributed by atoms with Crippen molar-refractivity contribution in [3.8, 4) is 0 Å². The van der Waals surface area contributed by atoms with Gasteiger partial charge in [-0.3, -0.25) is 28.7 Å². The van der Waals surface area contributed by atoms with Crippen molar-refractivity contribution in [3.05, 3.63) is 44.9 Å². The molecule has 226 valence electrons. The van der Waals surface area contributed by atoms with E-state index >= 15 is 0 Å². The Bertz CT molecular complexity index is 1300. The summed E-state index contributed by atoms with van der Waals surface area (Å²) >= 11 is 0. The van der Waals surface area contributed by atoms with E-state index < -0.39 is 84.0 Å². The SMILES string of the molecule is CO[C@H]1[C@@H](O)[C@H](n2ccc(=O)[nH]c2=O)O[C@@H]1[C@@H](O[C@@H]1OC(C(=O)N[C@H]2CCC[C@@H](C)NC2=O)=C[C@@H](O)[C@H]1O)C(N)=O. The summed E-state index contributed by atoms with van der Waals surface area (Å²) in [7, 11) is 1.19. The number of H-pyrrole nitrogens is 1. The van der Waals surface area contributed by atoms with E-state index in [0.717, 1.165) is 29.3 Å². The lowest BCUT2D eigenvalue weighted by atomic mass is 10.0. The summed E-state index contributed by atoms with van der Waals surface area (Å²) in [6.45, 7) is 1.84. The van der Waals surface area contributed by atoms with Crippen molar-refractivity contribution in [3.63, 3.8) is 0 Å². The number of aromatic nitrogens is 2. The molecule has 4 rings (SSSR count). The number of nitrogens with two attached hydrogens (primary N) is 1. The summed E-state index contributed by atoms with van der Waals surface area (Å²) in [5.74, 6) is -2.92. The number of methoxy groups -OCH3 is 1. The Hall–Kier alpha value is -3.61. The zero-order chi connectivity index (χ0) is 30.0. The zero-order valence-electron chi connectivity index (χ0n) is 22.2. The average Bonchev–Trinajstić information content (AvgIpc) is 3.14. The molecule has 41 heavy (non-hydrogen) atoms. The number of hydrogen-bond acceptors (Lipinski definition) is 12. The van der Waals surface area contributed by atoms with Crippen molar-refractivity contribution in [1.29, 1.82) is 0 Å². The molecule has 0 aromatic carbocycles. The molecule has 0 radical (unpaired) electrons. The normalized spacial score (nSPS) is 34.5. The zero-order valence-corrected chi connectivity index (χ0v) is 22.2. The minimum absolute atomic E-state index is 0.0651. The molecule has 1 aromatic rings. The molecule has 8 N–H and O–H groups in total. The van der Waals surface area contributed by atoms with Crippen molar-refractivity contribution in [2.75, 3.05) is 7.11 Å². The molecular weight excluding hydrogens is 550 g/mol. The lowest BCUT2D eigenvalue weighted by Crippen LogP contribution is -2.54. The highest BCUT2D eigenvalue weighted by Gasteiger charge is 2.52. The summed E-state index contributed by atoms with van der Waals surface area (Å²) in [4.78, 5) is 63.5. The maximum Gasteiger partial charge on any atom is 0.330 e. The van der Waals surface area contributed by atoms with Crippen LogP contribution in [0.3, 0.4) is 0 Å². The van der Waals surface area contributed by atoms with Crippen molar-refractivity contribution in [2.24, 2.45) is 5.73 Å². The second kappa shape index (κ2) is 12.5. The molecule has 0 saturated carbocycles. The van der Waals surface area contributed by atoms with E-state index in [9.17, 15) is 39.3 Å². The lowest BCUT2D eigenvalue weighted by molar-refractivity contribution is -0.241. The highest BCUT2D eigenvalue weighted by molar-refractivity contribution is 5.95. The van der Waals surface area contributed by atoms with Crippen LogP contribution in [0.5, 0.6) is 0 Å². The van der Waals surface area contributed by atoms with Crippen LogP contribution in [0.15, 0.2) is 33.7 Å². The molecule has 3 aliphatic rings. The first-order valence-corrected chi connectivity index (χ1v) is 12.9. The van der Waals surface area contributed by atoms with Gasteiger partial charge in [0.05, 0.1) is 0 Å². The van der Waals surface area contributed by atoms with Crippen LogP contribution in [0.4, 0.5) is 0 Å². The predicted octanol–water partition coefficient (Wildman–Crippen LogP) is -4.18. The number of primary amides is 1. The third-order valence-electron chi connectivity index (χ3n) is 7.06. The molecule has 0 unspecified atom stereocenters. The first-order valence-electron chi connectivity index (χ1n) is 12.9. The second-order valence-corrected chi connectivity index (χ2v) is 10.0. The molecule has 0 bridgehead atoms. The number of carbonyl (C=O) groups is 3. The van der Waals surface area contributed by atoms with Gasteiger partial charge >= 0.3 is 5.69 Å². The molecule has 3 aliphatic heterocycles. The number of rotatable bonds is 8. The first kappa shape index (κ1) is 30.4. The number of nitrogens with zero attached hydrogens (tertiary/aromatic N) is 1. The lowest BCUT2D eigenvalue weighted by Gasteiger charge is -2.35. The average molecular weight is 584 g/mol. The number of amides is 3. The van der Waals surface area contributed by atoms with Gasteiger partial charge in [-0.15, -0.1) is 0 Å². The fraction of sp³-hybridized carbons (Fsp3) is 0.625. The number of carbonyl (C=O) groups excluding carboxylic acids is 3. The van der Waals surface area contributed by atoms with Crippen LogP contribution >= 0.6 is 0 Å². The Labute approximate surface area is 232 Å². The molecule has 2 fully saturated rings. The Morgan fingerprint density at radius 2 is 1.93 bits per heavy atom. The van der Waals surface area contributed by atoms with Gasteiger partial charge in [0, 0.05) is 25.4 Å². The van der Waals surface area contributed by atoms with Gasteiger partial charge < -0.3 is 50.6 Å². The van der Waals surface area contributed by atoms with Crippen molar-refractivity contribution in [2.45, 2.75) is 87.4 Å². The Morgan fingerprint density at radius 1 is 1.20 bits per heavy atom. The van der Waals surface area contributed by atoms with E-state index in [4.69, 9.17) is 24.7 Å². The van der Waals surface area contributed by atoms with Gasteiger partial charge in [-0.05, 0) is 32.3 Å². The van der Waals surface area contributed by atoms with Gasteiger partial charge in [0.2, 0.25) is 18.1 Å². The monoisotopic (exact) mass is 583 g/mol. The molecule has 10 atom stereocenters. The van der Waals surface area contributed by atoms with Crippen LogP contribution in [0.25, 0.3) is 0 Å². The third kappa shape index (κ3) is 6.50. The van der Waals surface area contributed by atoms with E-state index in [2.05, 4.69) is 10.6 Å². The summed E-state index contributed by atoms with van der Waals surface area (Å²) in [6.07, 6.45) is -9.19. The molecule has 3 amide bonds. The van der Waals surface area contributed by atoms with Gasteiger partial charge in [0.1, 0.15) is 36.6 Å². The minimum atomic E-state index is -1.84. The molecular formula is C24H33N5O12. The third-order valence-corrected chi connectivity index (χ3v) is 7.06. The molecule has 17 nitrogen and oxygen atoms in total. The predicted molar refractivity (Wildman–Crippen MR) is 134 cm³/mol. The standard InChI is InChI=1S/C24H33N5O12/c1-9-4-3-5-10(20(35)26-9)27-21(36)12-8-11(30)14(32)23(39-12)41-18(19(25)34)17-16(38-2)15(33)22(40-17)29-7-6-13(31)28-24(29)37/h6-11,14-18,22-23,30,32-33H,3-5H2,1-2H3,(H2,25,34)(H,26,35)(H,27,36)(H,28,31,37)/t9-,10+,11-,14-,15-,16+,17+,18-,22-,23+/m1/s1. The Balaban J connectivity index is 1.51. The maximum absolute atomic E-state index is 12.9. The highest BCUT2D eigenvalue weighted by Crippen LogP contribution is 2.34. The highest BCUT2D eigenvalue weighted by atomic mass is 16.7. The topological polar surface area (TPSA) is 254 Å². The first-order chi connectivity index (χ1) is 19.4. The van der Waals surface area contributed by atoms with Gasteiger partial charge in [-0.1, -0.05) is 0 Å². The number of hydrogen-bond donors (Lipinski definition) is 7. The number of aliphatic hydroxyl groups excluding tert-OH is 3. The van der Waals surface area contributed by atoms with Crippen molar-refractivity contribution in [1.82, 2.24) is 20.2 Å². The number of ether oxygens (including phenoxy) is 4. The van der Waals surface area contributed by atoms with Gasteiger partial charge in [-0.25, -0.2) is 4.79 Å². The molecule has 2 saturated heterocycles.